The summed E-state index contributed by atoms with van der Waals surface area (Å²) >= 11 is 0. The van der Waals surface area contributed by atoms with E-state index in [4.69, 9.17) is 4.74 Å². The summed E-state index contributed by atoms with van der Waals surface area (Å²) in [6.07, 6.45) is 2.73. The molecular formula is C11H20N2O2. The van der Waals surface area contributed by atoms with Crippen molar-refractivity contribution in [2.24, 2.45) is 5.92 Å². The lowest BCUT2D eigenvalue weighted by Crippen LogP contribution is -2.53. The minimum atomic E-state index is -0.132. The molecule has 1 unspecified atom stereocenters. The van der Waals surface area contributed by atoms with Gasteiger partial charge in [0.05, 0.1) is 12.1 Å². The van der Waals surface area contributed by atoms with E-state index in [1.807, 2.05) is 0 Å². The van der Waals surface area contributed by atoms with E-state index in [9.17, 15) is 4.79 Å². The number of carbonyl (C=O) groups excluding carboxylic acids is 1. The first-order valence-corrected chi connectivity index (χ1v) is 5.77. The molecule has 0 aromatic carbocycles. The van der Waals surface area contributed by atoms with Gasteiger partial charge >= 0.3 is 0 Å². The number of hydrogen-bond acceptors (Lipinski definition) is 3. The molecule has 2 N–H and O–H groups in total. The molecule has 0 aliphatic carbocycles. The fraction of sp³-hybridized carbons (Fsp3) is 0.909. The standard InChI is InChI=1S/C11H20N2O2/c1-11(3-2-4-15-8-11)13-10(14)5-9-6-12-7-9/h9,12H,2-8H2,1H3,(H,13,14). The summed E-state index contributed by atoms with van der Waals surface area (Å²) in [5.74, 6) is 0.715. The number of hydrogen-bond donors (Lipinski definition) is 2. The maximum absolute atomic E-state index is 11.7. The fourth-order valence-corrected chi connectivity index (χ4v) is 2.18. The Hall–Kier alpha value is -0.610. The lowest BCUT2D eigenvalue weighted by atomic mass is 9.93. The largest absolute Gasteiger partial charge is 0.379 e. The molecule has 1 atom stereocenters. The summed E-state index contributed by atoms with van der Waals surface area (Å²) in [7, 11) is 0. The third-order valence-corrected chi connectivity index (χ3v) is 3.22. The normalized spacial score (nSPS) is 32.1. The maximum Gasteiger partial charge on any atom is 0.220 e. The van der Waals surface area contributed by atoms with Gasteiger partial charge in [0.1, 0.15) is 0 Å². The van der Waals surface area contributed by atoms with Crippen LogP contribution in [0.25, 0.3) is 0 Å². The molecule has 1 amide bonds. The van der Waals surface area contributed by atoms with Gasteiger partial charge in [-0.05, 0) is 38.8 Å². The van der Waals surface area contributed by atoms with Crippen LogP contribution in [0, 0.1) is 5.92 Å². The zero-order valence-electron chi connectivity index (χ0n) is 9.34. The highest BCUT2D eigenvalue weighted by atomic mass is 16.5. The summed E-state index contributed by atoms with van der Waals surface area (Å²) < 4.78 is 5.40. The summed E-state index contributed by atoms with van der Waals surface area (Å²) in [6.45, 7) is 5.53. The van der Waals surface area contributed by atoms with Crippen LogP contribution in [0.3, 0.4) is 0 Å². The first kappa shape index (κ1) is 10.9. The topological polar surface area (TPSA) is 50.4 Å². The van der Waals surface area contributed by atoms with E-state index < -0.39 is 0 Å². The first-order chi connectivity index (χ1) is 7.18. The van der Waals surface area contributed by atoms with Crippen LogP contribution in [0.2, 0.25) is 0 Å². The molecule has 0 radical (unpaired) electrons. The minimum Gasteiger partial charge on any atom is -0.379 e. The molecule has 2 heterocycles. The van der Waals surface area contributed by atoms with Crippen LogP contribution in [-0.4, -0.2) is 37.7 Å². The summed E-state index contributed by atoms with van der Waals surface area (Å²) in [5, 5.41) is 6.28. The molecule has 86 valence electrons. The van der Waals surface area contributed by atoms with Gasteiger partial charge in [0, 0.05) is 13.0 Å². The van der Waals surface area contributed by atoms with Gasteiger partial charge in [0.2, 0.25) is 5.91 Å². The van der Waals surface area contributed by atoms with Gasteiger partial charge in [-0.1, -0.05) is 0 Å². The van der Waals surface area contributed by atoms with Crippen LogP contribution >= 0.6 is 0 Å². The van der Waals surface area contributed by atoms with Crippen LogP contribution in [-0.2, 0) is 9.53 Å². The van der Waals surface area contributed by atoms with Crippen molar-refractivity contribution in [2.75, 3.05) is 26.3 Å². The molecule has 2 saturated heterocycles. The van der Waals surface area contributed by atoms with E-state index in [1.54, 1.807) is 0 Å². The molecular weight excluding hydrogens is 192 g/mol. The quantitative estimate of drug-likeness (QED) is 0.706. The number of amides is 1. The van der Waals surface area contributed by atoms with Gasteiger partial charge in [-0.2, -0.15) is 0 Å². The zero-order chi connectivity index (χ0) is 10.7. The third kappa shape index (κ3) is 2.92. The summed E-state index contributed by atoms with van der Waals surface area (Å²) in [6, 6.07) is 0. The van der Waals surface area contributed by atoms with Crippen molar-refractivity contribution in [2.45, 2.75) is 31.7 Å². The second kappa shape index (κ2) is 4.49. The van der Waals surface area contributed by atoms with E-state index in [1.165, 1.54) is 0 Å². The van der Waals surface area contributed by atoms with Crippen molar-refractivity contribution >= 4 is 5.91 Å². The molecule has 2 fully saturated rings. The molecule has 0 spiro atoms. The summed E-state index contributed by atoms with van der Waals surface area (Å²) in [5.41, 5.74) is -0.132. The number of ether oxygens (including phenoxy) is 1. The van der Waals surface area contributed by atoms with Gasteiger partial charge in [0.25, 0.3) is 0 Å². The molecule has 2 aliphatic rings. The SMILES string of the molecule is CC1(NC(=O)CC2CNC2)CCCOC1. The Balaban J connectivity index is 1.75. The van der Waals surface area contributed by atoms with Gasteiger partial charge in [0.15, 0.2) is 0 Å². The van der Waals surface area contributed by atoms with Crippen LogP contribution in [0.1, 0.15) is 26.2 Å². The Kier molecular flexibility index (Phi) is 3.26. The van der Waals surface area contributed by atoms with Crippen molar-refractivity contribution in [1.82, 2.24) is 10.6 Å². The lowest BCUT2D eigenvalue weighted by Gasteiger charge is -2.35. The molecule has 2 aliphatic heterocycles. The van der Waals surface area contributed by atoms with E-state index >= 15 is 0 Å². The third-order valence-electron chi connectivity index (χ3n) is 3.22. The van der Waals surface area contributed by atoms with Gasteiger partial charge in [-0.15, -0.1) is 0 Å². The number of nitrogens with one attached hydrogen (secondary N) is 2. The van der Waals surface area contributed by atoms with Crippen molar-refractivity contribution in [3.8, 4) is 0 Å². The molecule has 15 heavy (non-hydrogen) atoms. The molecule has 2 rings (SSSR count). The lowest BCUT2D eigenvalue weighted by molar-refractivity contribution is -0.125. The molecule has 4 nitrogen and oxygen atoms in total. The highest BCUT2D eigenvalue weighted by molar-refractivity contribution is 5.77. The zero-order valence-corrected chi connectivity index (χ0v) is 9.34. The Morgan fingerprint density at radius 2 is 2.40 bits per heavy atom. The predicted octanol–water partition coefficient (Wildman–Crippen LogP) is 0.281. The minimum absolute atomic E-state index is 0.132. The molecule has 4 heteroatoms. The molecule has 0 saturated carbocycles. The smallest absolute Gasteiger partial charge is 0.220 e. The van der Waals surface area contributed by atoms with Crippen molar-refractivity contribution in [3.05, 3.63) is 0 Å². The molecule has 0 aromatic rings. The van der Waals surface area contributed by atoms with Crippen molar-refractivity contribution in [3.63, 3.8) is 0 Å². The van der Waals surface area contributed by atoms with E-state index in [-0.39, 0.29) is 11.4 Å². The maximum atomic E-state index is 11.7. The Bertz CT molecular complexity index is 233. The van der Waals surface area contributed by atoms with Crippen LogP contribution < -0.4 is 10.6 Å². The Morgan fingerprint density at radius 3 is 2.93 bits per heavy atom. The van der Waals surface area contributed by atoms with Crippen molar-refractivity contribution in [1.29, 1.82) is 0 Å². The number of rotatable bonds is 3. The fourth-order valence-electron chi connectivity index (χ4n) is 2.18. The van der Waals surface area contributed by atoms with E-state index in [0.717, 1.165) is 32.5 Å². The average molecular weight is 212 g/mol. The highest BCUT2D eigenvalue weighted by Crippen LogP contribution is 2.19. The van der Waals surface area contributed by atoms with E-state index in [2.05, 4.69) is 17.6 Å². The second-order valence-corrected chi connectivity index (χ2v) is 4.99. The Morgan fingerprint density at radius 1 is 1.60 bits per heavy atom. The monoisotopic (exact) mass is 212 g/mol. The predicted molar refractivity (Wildman–Crippen MR) is 57.6 cm³/mol. The highest BCUT2D eigenvalue weighted by Gasteiger charge is 2.30. The molecule has 0 bridgehead atoms. The van der Waals surface area contributed by atoms with Gasteiger partial charge in [-0.3, -0.25) is 4.79 Å². The average Bonchev–Trinajstić information content (AvgIpc) is 2.12. The second-order valence-electron chi connectivity index (χ2n) is 4.99. The van der Waals surface area contributed by atoms with Gasteiger partial charge in [-0.25, -0.2) is 0 Å². The van der Waals surface area contributed by atoms with E-state index in [0.29, 0.717) is 18.9 Å². The van der Waals surface area contributed by atoms with Crippen LogP contribution in [0.15, 0.2) is 0 Å². The molecule has 0 aromatic heterocycles. The van der Waals surface area contributed by atoms with Crippen LogP contribution in [0.5, 0.6) is 0 Å². The number of carbonyl (C=O) groups is 1. The first-order valence-electron chi connectivity index (χ1n) is 5.77. The Labute approximate surface area is 90.8 Å². The van der Waals surface area contributed by atoms with Crippen LogP contribution in [0.4, 0.5) is 0 Å². The van der Waals surface area contributed by atoms with Crippen molar-refractivity contribution < 1.29 is 9.53 Å². The summed E-state index contributed by atoms with van der Waals surface area (Å²) in [4.78, 5) is 11.7. The van der Waals surface area contributed by atoms with Gasteiger partial charge < -0.3 is 15.4 Å².